The molecule has 1 amide bonds. The van der Waals surface area contributed by atoms with Gasteiger partial charge in [0.25, 0.3) is 5.91 Å². The predicted octanol–water partition coefficient (Wildman–Crippen LogP) is 5.04. The van der Waals surface area contributed by atoms with Gasteiger partial charge in [-0.25, -0.2) is 0 Å². The second kappa shape index (κ2) is 8.94. The molecule has 146 valence electrons. The highest BCUT2D eigenvalue weighted by atomic mass is 16.5. The molecule has 0 saturated carbocycles. The molecule has 0 fully saturated rings. The van der Waals surface area contributed by atoms with E-state index in [0.717, 1.165) is 28.4 Å². The molecule has 0 spiro atoms. The Morgan fingerprint density at radius 3 is 2.45 bits per heavy atom. The van der Waals surface area contributed by atoms with Gasteiger partial charge in [0, 0.05) is 22.8 Å². The second-order valence-corrected chi connectivity index (χ2v) is 6.58. The number of nitrogens with zero attached hydrogens (tertiary/aromatic N) is 2. The van der Waals surface area contributed by atoms with Gasteiger partial charge in [-0.3, -0.25) is 4.79 Å². The number of amides is 1. The summed E-state index contributed by atoms with van der Waals surface area (Å²) in [7, 11) is 0. The number of para-hydroxylation sites is 1. The Morgan fingerprint density at radius 2 is 1.83 bits per heavy atom. The van der Waals surface area contributed by atoms with E-state index in [9.17, 15) is 10.1 Å². The average molecular weight is 385 g/mol. The molecule has 0 aliphatic rings. The van der Waals surface area contributed by atoms with Crippen LogP contribution in [0.5, 0.6) is 5.75 Å². The van der Waals surface area contributed by atoms with E-state index in [2.05, 4.69) is 9.88 Å². The Balaban J connectivity index is 1.84. The number of hydrogen-bond acceptors (Lipinski definition) is 3. The fourth-order valence-electron chi connectivity index (χ4n) is 3.21. The van der Waals surface area contributed by atoms with Gasteiger partial charge in [-0.15, -0.1) is 0 Å². The highest BCUT2D eigenvalue weighted by Gasteiger charge is 2.14. The molecule has 0 aliphatic carbocycles. The van der Waals surface area contributed by atoms with Crippen molar-refractivity contribution in [2.45, 2.75) is 20.8 Å². The number of carbonyl (C=O) groups excluding carboxylic acids is 1. The van der Waals surface area contributed by atoms with Crippen molar-refractivity contribution in [3.05, 3.63) is 83.2 Å². The molecule has 5 nitrogen and oxygen atoms in total. The van der Waals surface area contributed by atoms with E-state index in [4.69, 9.17) is 4.74 Å². The summed E-state index contributed by atoms with van der Waals surface area (Å²) < 4.78 is 7.50. The summed E-state index contributed by atoms with van der Waals surface area (Å²) in [6, 6.07) is 21.0. The zero-order chi connectivity index (χ0) is 20.8. The lowest BCUT2D eigenvalue weighted by Gasteiger charge is -2.09. The third-order valence-corrected chi connectivity index (χ3v) is 4.57. The Hall–Kier alpha value is -3.78. The monoisotopic (exact) mass is 385 g/mol. The highest BCUT2D eigenvalue weighted by molar-refractivity contribution is 6.09. The van der Waals surface area contributed by atoms with E-state index in [1.54, 1.807) is 30.3 Å². The predicted molar refractivity (Wildman–Crippen MR) is 115 cm³/mol. The number of benzene rings is 2. The second-order valence-electron chi connectivity index (χ2n) is 6.58. The van der Waals surface area contributed by atoms with Crippen molar-refractivity contribution in [3.8, 4) is 17.5 Å². The summed E-state index contributed by atoms with van der Waals surface area (Å²) in [6.07, 6.45) is 1.63. The first kappa shape index (κ1) is 20.0. The minimum Gasteiger partial charge on any atom is -0.494 e. The number of hydrogen-bond donors (Lipinski definition) is 1. The summed E-state index contributed by atoms with van der Waals surface area (Å²) in [5.41, 5.74) is 4.53. The van der Waals surface area contributed by atoms with Crippen molar-refractivity contribution in [3.63, 3.8) is 0 Å². The summed E-state index contributed by atoms with van der Waals surface area (Å²) in [5, 5.41) is 12.3. The van der Waals surface area contributed by atoms with Gasteiger partial charge in [0.05, 0.1) is 6.61 Å². The molecule has 0 saturated heterocycles. The molecule has 0 aliphatic heterocycles. The third-order valence-electron chi connectivity index (χ3n) is 4.57. The number of nitriles is 1. The molecule has 1 heterocycles. The molecule has 1 N–H and O–H groups in total. The SMILES string of the molecule is CCOc1ccc(NC(=O)/C(C#N)=C/c2cc(C)n(-c3ccccc3)c2C)cc1. The van der Waals surface area contributed by atoms with Gasteiger partial charge in [0.2, 0.25) is 0 Å². The molecule has 0 bridgehead atoms. The van der Waals surface area contributed by atoms with Gasteiger partial charge in [-0.2, -0.15) is 5.26 Å². The van der Waals surface area contributed by atoms with E-state index in [0.29, 0.717) is 12.3 Å². The Morgan fingerprint density at radius 1 is 1.14 bits per heavy atom. The molecule has 5 heteroatoms. The molecule has 0 atom stereocenters. The molecule has 29 heavy (non-hydrogen) atoms. The quantitative estimate of drug-likeness (QED) is 0.477. The highest BCUT2D eigenvalue weighted by Crippen LogP contribution is 2.23. The van der Waals surface area contributed by atoms with Crippen LogP contribution in [0.25, 0.3) is 11.8 Å². The van der Waals surface area contributed by atoms with Crippen LogP contribution in [-0.2, 0) is 4.79 Å². The van der Waals surface area contributed by atoms with Crippen molar-refractivity contribution in [1.82, 2.24) is 4.57 Å². The molecule has 1 aromatic heterocycles. The maximum absolute atomic E-state index is 12.6. The zero-order valence-electron chi connectivity index (χ0n) is 16.8. The first-order valence-corrected chi connectivity index (χ1v) is 9.44. The van der Waals surface area contributed by atoms with Crippen LogP contribution >= 0.6 is 0 Å². The van der Waals surface area contributed by atoms with Gasteiger partial charge < -0.3 is 14.6 Å². The average Bonchev–Trinajstić information content (AvgIpc) is 3.01. The molecular weight excluding hydrogens is 362 g/mol. The fourth-order valence-corrected chi connectivity index (χ4v) is 3.21. The van der Waals surface area contributed by atoms with Gasteiger partial charge >= 0.3 is 0 Å². The molecule has 0 unspecified atom stereocenters. The lowest BCUT2D eigenvalue weighted by molar-refractivity contribution is -0.112. The third kappa shape index (κ3) is 4.56. The summed E-state index contributed by atoms with van der Waals surface area (Å²) in [6.45, 7) is 6.47. The van der Waals surface area contributed by atoms with Crippen molar-refractivity contribution in [2.24, 2.45) is 0 Å². The number of carbonyl (C=O) groups is 1. The van der Waals surface area contributed by atoms with Crippen molar-refractivity contribution >= 4 is 17.7 Å². The van der Waals surface area contributed by atoms with Crippen LogP contribution in [0.2, 0.25) is 0 Å². The van der Waals surface area contributed by atoms with Crippen LogP contribution in [0.4, 0.5) is 5.69 Å². The van der Waals surface area contributed by atoms with Gasteiger partial charge in [-0.1, -0.05) is 18.2 Å². The normalized spacial score (nSPS) is 11.0. The summed E-state index contributed by atoms with van der Waals surface area (Å²) in [5.74, 6) is 0.288. The summed E-state index contributed by atoms with van der Waals surface area (Å²) >= 11 is 0. The maximum atomic E-state index is 12.6. The van der Waals surface area contributed by atoms with E-state index in [-0.39, 0.29) is 5.57 Å². The molecule has 2 aromatic carbocycles. The Bertz CT molecular complexity index is 1070. The van der Waals surface area contributed by atoms with Crippen molar-refractivity contribution in [1.29, 1.82) is 5.26 Å². The van der Waals surface area contributed by atoms with Crippen LogP contribution in [0.1, 0.15) is 23.9 Å². The van der Waals surface area contributed by atoms with E-state index in [1.807, 2.05) is 63.2 Å². The zero-order valence-corrected chi connectivity index (χ0v) is 16.8. The molecule has 0 radical (unpaired) electrons. The van der Waals surface area contributed by atoms with E-state index in [1.165, 1.54) is 0 Å². The number of ether oxygens (including phenoxy) is 1. The van der Waals surface area contributed by atoms with Gasteiger partial charge in [0.1, 0.15) is 17.4 Å². The van der Waals surface area contributed by atoms with Crippen LogP contribution < -0.4 is 10.1 Å². The molecule has 3 aromatic rings. The van der Waals surface area contributed by atoms with Gasteiger partial charge in [0.15, 0.2) is 0 Å². The minimum absolute atomic E-state index is 0.0483. The lowest BCUT2D eigenvalue weighted by Crippen LogP contribution is -2.13. The van der Waals surface area contributed by atoms with E-state index < -0.39 is 5.91 Å². The van der Waals surface area contributed by atoms with Crippen LogP contribution in [0.15, 0.2) is 66.2 Å². The van der Waals surface area contributed by atoms with Gasteiger partial charge in [-0.05, 0) is 74.9 Å². The summed E-state index contributed by atoms with van der Waals surface area (Å²) in [4.78, 5) is 12.6. The number of rotatable bonds is 6. The lowest BCUT2D eigenvalue weighted by atomic mass is 10.1. The Labute approximate surface area is 170 Å². The largest absolute Gasteiger partial charge is 0.494 e. The first-order valence-electron chi connectivity index (χ1n) is 9.44. The maximum Gasteiger partial charge on any atom is 0.266 e. The fraction of sp³-hybridized carbons (Fsp3) is 0.167. The first-order chi connectivity index (χ1) is 14.0. The number of aromatic nitrogens is 1. The van der Waals surface area contributed by atoms with Crippen LogP contribution in [0.3, 0.4) is 0 Å². The smallest absolute Gasteiger partial charge is 0.266 e. The number of nitrogens with one attached hydrogen (secondary N) is 1. The Kier molecular flexibility index (Phi) is 6.16. The number of aryl methyl sites for hydroxylation is 1. The van der Waals surface area contributed by atoms with Crippen LogP contribution in [0, 0.1) is 25.2 Å². The van der Waals surface area contributed by atoms with Crippen molar-refractivity contribution < 1.29 is 9.53 Å². The minimum atomic E-state index is -0.443. The number of anilines is 1. The molecular formula is C24H23N3O2. The van der Waals surface area contributed by atoms with E-state index >= 15 is 0 Å². The topological polar surface area (TPSA) is 67.0 Å². The molecule has 3 rings (SSSR count). The standard InChI is InChI=1S/C24H23N3O2/c1-4-29-23-12-10-21(11-13-23)26-24(28)20(16-25)15-19-14-17(2)27(18(19)3)22-8-6-5-7-9-22/h5-15H,4H2,1-3H3,(H,26,28)/b20-15+. The van der Waals surface area contributed by atoms with Crippen molar-refractivity contribution in [2.75, 3.05) is 11.9 Å². The van der Waals surface area contributed by atoms with Crippen LogP contribution in [-0.4, -0.2) is 17.1 Å².